The molecule has 0 fully saturated rings. The maximum atomic E-state index is 13.6. The van der Waals surface area contributed by atoms with Crippen LogP contribution < -0.4 is 16.6 Å². The monoisotopic (exact) mass is 471 g/mol. The molecule has 4 rings (SSSR count). The molecule has 32 heavy (non-hydrogen) atoms. The lowest BCUT2D eigenvalue weighted by molar-refractivity contribution is -0.121. The molecule has 0 unspecified atom stereocenters. The Hall–Kier alpha value is -3.23. The molecule has 0 spiro atoms. The van der Waals surface area contributed by atoms with Crippen LogP contribution in [0.2, 0.25) is 5.02 Å². The molecule has 0 aliphatic heterocycles. The predicted octanol–water partition coefficient (Wildman–Crippen LogP) is 3.77. The minimum atomic E-state index is -0.538. The fourth-order valence-corrected chi connectivity index (χ4v) is 4.48. The lowest BCUT2D eigenvalue weighted by Crippen LogP contribution is -2.40. The van der Waals surface area contributed by atoms with Crippen molar-refractivity contribution in [2.75, 3.05) is 0 Å². The number of hydrogen-bond donors (Lipinski definition) is 1. The summed E-state index contributed by atoms with van der Waals surface area (Å²) in [6, 6.07) is 14.8. The largest absolute Gasteiger partial charge is 0.352 e. The van der Waals surface area contributed by atoms with Crippen LogP contribution in [-0.4, -0.2) is 15.0 Å². The van der Waals surface area contributed by atoms with Crippen LogP contribution in [0.4, 0.5) is 4.39 Å². The molecule has 2 heterocycles. The highest BCUT2D eigenvalue weighted by Crippen LogP contribution is 2.17. The van der Waals surface area contributed by atoms with E-state index < -0.39 is 17.1 Å². The highest BCUT2D eigenvalue weighted by atomic mass is 35.5. The Kier molecular flexibility index (Phi) is 6.53. The van der Waals surface area contributed by atoms with Crippen molar-refractivity contribution in [3.63, 3.8) is 0 Å². The number of carbonyl (C=O) groups is 1. The summed E-state index contributed by atoms with van der Waals surface area (Å²) < 4.78 is 16.5. The van der Waals surface area contributed by atoms with Gasteiger partial charge >= 0.3 is 5.69 Å². The standard InChI is InChI=1S/C23H19ClFN3O3S/c24-18-7-2-1-5-16(18)13-26-20(29)8-10-27-22(30)21-19(9-11-32-21)28(23(27)31)14-15-4-3-6-17(25)12-15/h1-7,9,11-12H,8,10,13-14H2,(H,26,29). The van der Waals surface area contributed by atoms with E-state index in [0.29, 0.717) is 20.8 Å². The fourth-order valence-electron chi connectivity index (χ4n) is 3.44. The number of carbonyl (C=O) groups excluding carboxylic acids is 1. The second-order valence-corrected chi connectivity index (χ2v) is 8.53. The number of nitrogens with zero attached hydrogens (tertiary/aromatic N) is 2. The third-order valence-corrected chi connectivity index (χ3v) is 6.32. The maximum absolute atomic E-state index is 13.6. The molecule has 0 saturated carbocycles. The molecule has 9 heteroatoms. The first kappa shape index (κ1) is 22.0. The van der Waals surface area contributed by atoms with Crippen molar-refractivity contribution in [2.24, 2.45) is 0 Å². The predicted molar refractivity (Wildman–Crippen MR) is 124 cm³/mol. The van der Waals surface area contributed by atoms with E-state index in [1.807, 2.05) is 12.1 Å². The third kappa shape index (κ3) is 4.66. The molecule has 0 saturated heterocycles. The second kappa shape index (κ2) is 9.50. The lowest BCUT2D eigenvalue weighted by atomic mass is 10.2. The van der Waals surface area contributed by atoms with Crippen molar-refractivity contribution in [3.05, 3.63) is 103 Å². The fraction of sp³-hybridized carbons (Fsp3) is 0.174. The Balaban J connectivity index is 1.56. The van der Waals surface area contributed by atoms with Gasteiger partial charge < -0.3 is 5.32 Å². The number of hydrogen-bond acceptors (Lipinski definition) is 4. The third-order valence-electron chi connectivity index (χ3n) is 5.06. The van der Waals surface area contributed by atoms with Crippen LogP contribution in [0.15, 0.2) is 69.6 Å². The molecular weight excluding hydrogens is 453 g/mol. The van der Waals surface area contributed by atoms with E-state index in [-0.39, 0.29) is 32.0 Å². The molecule has 0 radical (unpaired) electrons. The summed E-state index contributed by atoms with van der Waals surface area (Å²) in [6.07, 6.45) is -0.0452. The number of nitrogens with one attached hydrogen (secondary N) is 1. The Morgan fingerprint density at radius 3 is 2.66 bits per heavy atom. The zero-order chi connectivity index (χ0) is 22.7. The van der Waals surface area contributed by atoms with Crippen LogP contribution in [0, 0.1) is 5.82 Å². The van der Waals surface area contributed by atoms with E-state index in [1.165, 1.54) is 28.0 Å². The van der Waals surface area contributed by atoms with E-state index >= 15 is 0 Å². The molecule has 1 amide bonds. The van der Waals surface area contributed by atoms with Gasteiger partial charge in [0.25, 0.3) is 5.56 Å². The molecule has 0 aliphatic rings. The minimum Gasteiger partial charge on any atom is -0.352 e. The Morgan fingerprint density at radius 2 is 1.88 bits per heavy atom. The quantitative estimate of drug-likeness (QED) is 0.446. The van der Waals surface area contributed by atoms with Crippen LogP contribution in [0.25, 0.3) is 10.2 Å². The van der Waals surface area contributed by atoms with Crippen molar-refractivity contribution in [1.29, 1.82) is 0 Å². The van der Waals surface area contributed by atoms with Crippen LogP contribution in [0.5, 0.6) is 0 Å². The average Bonchev–Trinajstić information content (AvgIpc) is 3.26. The molecule has 4 aromatic rings. The van der Waals surface area contributed by atoms with E-state index in [2.05, 4.69) is 5.32 Å². The summed E-state index contributed by atoms with van der Waals surface area (Å²) in [6.45, 7) is 0.299. The number of amides is 1. The summed E-state index contributed by atoms with van der Waals surface area (Å²) >= 11 is 7.32. The van der Waals surface area contributed by atoms with Gasteiger partial charge in [0.15, 0.2) is 0 Å². The first-order valence-corrected chi connectivity index (χ1v) is 11.1. The number of thiophene rings is 1. The Morgan fingerprint density at radius 1 is 1.06 bits per heavy atom. The summed E-state index contributed by atoms with van der Waals surface area (Å²) in [7, 11) is 0. The molecule has 0 bridgehead atoms. The van der Waals surface area contributed by atoms with Crippen LogP contribution in [0.1, 0.15) is 17.5 Å². The van der Waals surface area contributed by atoms with Crippen molar-refractivity contribution in [1.82, 2.24) is 14.5 Å². The van der Waals surface area contributed by atoms with E-state index in [4.69, 9.17) is 11.6 Å². The maximum Gasteiger partial charge on any atom is 0.331 e. The second-order valence-electron chi connectivity index (χ2n) is 7.21. The van der Waals surface area contributed by atoms with Gasteiger partial charge in [0.05, 0.1) is 12.1 Å². The van der Waals surface area contributed by atoms with Gasteiger partial charge in [-0.25, -0.2) is 9.18 Å². The zero-order valence-electron chi connectivity index (χ0n) is 16.9. The number of aromatic nitrogens is 2. The topological polar surface area (TPSA) is 73.1 Å². The Bertz CT molecular complexity index is 1410. The van der Waals surface area contributed by atoms with Crippen molar-refractivity contribution >= 4 is 39.1 Å². The minimum absolute atomic E-state index is 0.0452. The van der Waals surface area contributed by atoms with Crippen LogP contribution >= 0.6 is 22.9 Å². The molecule has 2 aromatic heterocycles. The summed E-state index contributed by atoms with van der Waals surface area (Å²) in [4.78, 5) is 38.3. The van der Waals surface area contributed by atoms with Gasteiger partial charge in [-0.3, -0.25) is 18.7 Å². The van der Waals surface area contributed by atoms with E-state index in [0.717, 1.165) is 10.1 Å². The van der Waals surface area contributed by atoms with Gasteiger partial charge in [-0.1, -0.05) is 41.9 Å². The molecule has 6 nitrogen and oxygen atoms in total. The van der Waals surface area contributed by atoms with Gasteiger partial charge in [0.1, 0.15) is 10.5 Å². The van der Waals surface area contributed by atoms with Gasteiger partial charge in [0.2, 0.25) is 5.91 Å². The normalized spacial score (nSPS) is 11.1. The molecule has 1 N–H and O–H groups in total. The first-order valence-electron chi connectivity index (χ1n) is 9.89. The Labute approximate surface area is 191 Å². The van der Waals surface area contributed by atoms with E-state index in [1.54, 1.807) is 35.7 Å². The van der Waals surface area contributed by atoms with Gasteiger partial charge in [-0.2, -0.15) is 0 Å². The zero-order valence-corrected chi connectivity index (χ0v) is 18.5. The van der Waals surface area contributed by atoms with E-state index in [9.17, 15) is 18.8 Å². The SMILES string of the molecule is O=C(CCn1c(=O)c2sccc2n(Cc2cccc(F)c2)c1=O)NCc1ccccc1Cl. The number of halogens is 2. The van der Waals surface area contributed by atoms with Gasteiger partial charge in [-0.05, 0) is 40.8 Å². The molecule has 0 aliphatic carbocycles. The number of rotatable bonds is 7. The van der Waals surface area contributed by atoms with Crippen molar-refractivity contribution in [2.45, 2.75) is 26.1 Å². The van der Waals surface area contributed by atoms with Crippen LogP contribution in [-0.2, 0) is 24.4 Å². The summed E-state index contributed by atoms with van der Waals surface area (Å²) in [5, 5.41) is 5.03. The average molecular weight is 472 g/mol. The molecular formula is C23H19ClFN3O3S. The summed E-state index contributed by atoms with van der Waals surface area (Å²) in [5.74, 6) is -0.709. The smallest absolute Gasteiger partial charge is 0.331 e. The number of fused-ring (bicyclic) bond motifs is 1. The van der Waals surface area contributed by atoms with Gasteiger partial charge in [-0.15, -0.1) is 11.3 Å². The van der Waals surface area contributed by atoms with Crippen LogP contribution in [0.3, 0.4) is 0 Å². The summed E-state index contributed by atoms with van der Waals surface area (Å²) in [5.41, 5.74) is 0.895. The molecule has 164 valence electrons. The lowest BCUT2D eigenvalue weighted by Gasteiger charge is -2.13. The van der Waals surface area contributed by atoms with Crippen molar-refractivity contribution in [3.8, 4) is 0 Å². The molecule has 0 atom stereocenters. The highest BCUT2D eigenvalue weighted by Gasteiger charge is 2.16. The van der Waals surface area contributed by atoms with Gasteiger partial charge in [0, 0.05) is 24.5 Å². The first-order chi connectivity index (χ1) is 15.4. The molecule has 2 aromatic carbocycles. The highest BCUT2D eigenvalue weighted by molar-refractivity contribution is 7.17. The van der Waals surface area contributed by atoms with Crippen molar-refractivity contribution < 1.29 is 9.18 Å². The number of benzene rings is 2.